The molecular weight excluding hydrogens is 445 g/mol. The molecule has 0 aliphatic carbocycles. The van der Waals surface area contributed by atoms with Crippen molar-refractivity contribution < 1.29 is 13.9 Å². The van der Waals surface area contributed by atoms with Gasteiger partial charge in [-0.3, -0.25) is 9.69 Å². The number of hydrogen-bond donors (Lipinski definition) is 1. The highest BCUT2D eigenvalue weighted by molar-refractivity contribution is 6.31. The molecule has 2 unspecified atom stereocenters. The lowest BCUT2D eigenvalue weighted by Crippen LogP contribution is -2.47. The predicted molar refractivity (Wildman–Crippen MR) is 124 cm³/mol. The van der Waals surface area contributed by atoms with Gasteiger partial charge >= 0.3 is 0 Å². The number of halogens is 2. The summed E-state index contributed by atoms with van der Waals surface area (Å²) >= 11 is 6.40. The van der Waals surface area contributed by atoms with E-state index in [-0.39, 0.29) is 18.6 Å². The molecule has 0 radical (unpaired) electrons. The van der Waals surface area contributed by atoms with Crippen molar-refractivity contribution >= 4 is 17.5 Å². The van der Waals surface area contributed by atoms with E-state index in [2.05, 4.69) is 20.3 Å². The Hall–Kier alpha value is -2.81. The van der Waals surface area contributed by atoms with Gasteiger partial charge in [0, 0.05) is 36.4 Å². The number of aromatic nitrogens is 3. The fourth-order valence-corrected chi connectivity index (χ4v) is 4.52. The first-order chi connectivity index (χ1) is 16.0. The molecule has 0 bridgehead atoms. The van der Waals surface area contributed by atoms with Crippen molar-refractivity contribution in [3.8, 4) is 5.82 Å². The van der Waals surface area contributed by atoms with Gasteiger partial charge in [-0.25, -0.2) is 14.1 Å². The van der Waals surface area contributed by atoms with Crippen LogP contribution >= 0.6 is 11.6 Å². The van der Waals surface area contributed by atoms with E-state index in [1.165, 1.54) is 6.07 Å². The van der Waals surface area contributed by atoms with E-state index >= 15 is 0 Å². The molecule has 1 N–H and O–H groups in total. The Balaban J connectivity index is 1.58. The zero-order valence-corrected chi connectivity index (χ0v) is 19.4. The molecule has 1 aromatic carbocycles. The second-order valence-electron chi connectivity index (χ2n) is 8.00. The Kier molecular flexibility index (Phi) is 7.37. The maximum Gasteiger partial charge on any atom is 0.254 e. The van der Waals surface area contributed by atoms with Crippen molar-refractivity contribution in [2.45, 2.75) is 32.4 Å². The second-order valence-corrected chi connectivity index (χ2v) is 8.40. The molecule has 7 nitrogen and oxygen atoms in total. The number of ether oxygens (including phenoxy) is 1. The van der Waals surface area contributed by atoms with E-state index in [0.717, 1.165) is 5.69 Å². The first kappa shape index (κ1) is 23.4. The minimum absolute atomic E-state index is 0.00537. The van der Waals surface area contributed by atoms with Crippen LogP contribution in [0, 0.1) is 5.82 Å². The predicted octanol–water partition coefficient (Wildman–Crippen LogP) is 3.81. The minimum atomic E-state index is -0.426. The van der Waals surface area contributed by atoms with Crippen molar-refractivity contribution in [1.29, 1.82) is 0 Å². The van der Waals surface area contributed by atoms with Crippen molar-refractivity contribution in [1.82, 2.24) is 25.0 Å². The molecule has 1 aliphatic rings. The Morgan fingerprint density at radius 1 is 1.33 bits per heavy atom. The van der Waals surface area contributed by atoms with Crippen LogP contribution in [-0.2, 0) is 11.2 Å². The molecule has 1 saturated heterocycles. The fraction of sp³-hybridized carbons (Fsp3) is 0.375. The number of carbonyl (C=O) groups is 1. The Bertz CT molecular complexity index is 1090. The Morgan fingerprint density at radius 2 is 2.18 bits per heavy atom. The van der Waals surface area contributed by atoms with Gasteiger partial charge in [-0.05, 0) is 37.6 Å². The van der Waals surface area contributed by atoms with Gasteiger partial charge in [0.15, 0.2) is 5.82 Å². The number of benzene rings is 1. The lowest BCUT2D eigenvalue weighted by Gasteiger charge is -2.38. The molecule has 2 atom stereocenters. The maximum atomic E-state index is 14.8. The summed E-state index contributed by atoms with van der Waals surface area (Å²) in [5, 5.41) is 7.70. The van der Waals surface area contributed by atoms with Gasteiger partial charge in [0.25, 0.3) is 5.91 Å². The summed E-state index contributed by atoms with van der Waals surface area (Å²) in [5.74, 6) is -0.0161. The van der Waals surface area contributed by atoms with Gasteiger partial charge in [-0.1, -0.05) is 30.7 Å². The molecule has 174 valence electrons. The molecule has 1 aliphatic heterocycles. The van der Waals surface area contributed by atoms with Gasteiger partial charge < -0.3 is 10.1 Å². The molecule has 0 spiro atoms. The molecule has 3 heterocycles. The molecule has 1 amide bonds. The molecule has 33 heavy (non-hydrogen) atoms. The van der Waals surface area contributed by atoms with Crippen molar-refractivity contribution in [2.24, 2.45) is 0 Å². The van der Waals surface area contributed by atoms with E-state index in [1.807, 2.05) is 32.0 Å². The van der Waals surface area contributed by atoms with Gasteiger partial charge in [-0.15, -0.1) is 0 Å². The van der Waals surface area contributed by atoms with Crippen LogP contribution in [0.5, 0.6) is 0 Å². The van der Waals surface area contributed by atoms with E-state index < -0.39 is 11.9 Å². The third-order valence-electron chi connectivity index (χ3n) is 5.82. The van der Waals surface area contributed by atoms with Crippen LogP contribution in [0.3, 0.4) is 0 Å². The summed E-state index contributed by atoms with van der Waals surface area (Å²) in [7, 11) is 0. The van der Waals surface area contributed by atoms with Crippen LogP contribution in [0.2, 0.25) is 5.02 Å². The van der Waals surface area contributed by atoms with E-state index in [9.17, 15) is 9.18 Å². The zero-order valence-electron chi connectivity index (χ0n) is 18.7. The van der Waals surface area contributed by atoms with E-state index in [0.29, 0.717) is 48.1 Å². The van der Waals surface area contributed by atoms with Crippen molar-refractivity contribution in [2.75, 3.05) is 26.2 Å². The SMILES string of the molecule is CCc1c(C(=O)NCC(c2c(F)cccc2Cl)N2CCOC(C)C2)cnn1-c1ccccn1. The van der Waals surface area contributed by atoms with Gasteiger partial charge in [0.05, 0.1) is 36.2 Å². The monoisotopic (exact) mass is 471 g/mol. The van der Waals surface area contributed by atoms with E-state index in [4.69, 9.17) is 16.3 Å². The molecule has 2 aromatic heterocycles. The average molecular weight is 472 g/mol. The molecule has 1 fully saturated rings. The third-order valence-corrected chi connectivity index (χ3v) is 6.15. The van der Waals surface area contributed by atoms with Crippen LogP contribution in [-0.4, -0.2) is 57.9 Å². The summed E-state index contributed by atoms with van der Waals surface area (Å²) in [6.07, 6.45) is 3.83. The first-order valence-corrected chi connectivity index (χ1v) is 11.4. The molecule has 0 saturated carbocycles. The molecule has 3 aromatic rings. The molecule has 9 heteroatoms. The lowest BCUT2D eigenvalue weighted by molar-refractivity contribution is -0.0346. The molecule has 4 rings (SSSR count). The summed E-state index contributed by atoms with van der Waals surface area (Å²) in [6.45, 7) is 5.91. The van der Waals surface area contributed by atoms with Gasteiger partial charge in [0.2, 0.25) is 0 Å². The Labute approximate surface area is 197 Å². The van der Waals surface area contributed by atoms with Crippen LogP contribution in [0.15, 0.2) is 48.8 Å². The highest BCUT2D eigenvalue weighted by Gasteiger charge is 2.30. The number of rotatable bonds is 7. The number of amides is 1. The second kappa shape index (κ2) is 10.4. The average Bonchev–Trinajstić information content (AvgIpc) is 3.25. The van der Waals surface area contributed by atoms with Crippen LogP contribution < -0.4 is 5.32 Å². The first-order valence-electron chi connectivity index (χ1n) is 11.1. The van der Waals surface area contributed by atoms with Crippen molar-refractivity contribution in [3.63, 3.8) is 0 Å². The number of pyridine rings is 1. The number of nitrogens with one attached hydrogen (secondary N) is 1. The maximum absolute atomic E-state index is 14.8. The molecular formula is C24H27ClFN5O2. The quantitative estimate of drug-likeness (QED) is 0.567. The number of nitrogens with zero attached hydrogens (tertiary/aromatic N) is 4. The van der Waals surface area contributed by atoms with Crippen LogP contribution in [0.25, 0.3) is 5.82 Å². The van der Waals surface area contributed by atoms with Gasteiger partial charge in [-0.2, -0.15) is 5.10 Å². The number of morpholine rings is 1. The Morgan fingerprint density at radius 3 is 2.88 bits per heavy atom. The minimum Gasteiger partial charge on any atom is -0.376 e. The number of hydrogen-bond acceptors (Lipinski definition) is 5. The summed E-state index contributed by atoms with van der Waals surface area (Å²) in [4.78, 5) is 19.6. The fourth-order valence-electron chi connectivity index (χ4n) is 4.24. The van der Waals surface area contributed by atoms with Crippen LogP contribution in [0.4, 0.5) is 4.39 Å². The summed E-state index contributed by atoms with van der Waals surface area (Å²) < 4.78 is 22.2. The van der Waals surface area contributed by atoms with E-state index in [1.54, 1.807) is 29.2 Å². The number of carbonyl (C=O) groups excluding carboxylic acids is 1. The third kappa shape index (κ3) is 5.08. The lowest BCUT2D eigenvalue weighted by atomic mass is 10.0. The van der Waals surface area contributed by atoms with Gasteiger partial charge in [0.1, 0.15) is 5.82 Å². The standard InChI is InChI=1S/C24H27ClFN5O2/c1-3-20-17(13-29-31(20)22-9-4-5-10-27-22)24(32)28-14-21(30-11-12-33-16(2)15-30)23-18(25)7-6-8-19(23)26/h4-10,13,16,21H,3,11-12,14-15H2,1-2H3,(H,28,32). The zero-order chi connectivity index (χ0) is 23.4. The highest BCUT2D eigenvalue weighted by atomic mass is 35.5. The highest BCUT2D eigenvalue weighted by Crippen LogP contribution is 2.31. The largest absolute Gasteiger partial charge is 0.376 e. The summed E-state index contributed by atoms with van der Waals surface area (Å²) in [5.41, 5.74) is 1.61. The van der Waals surface area contributed by atoms with Crippen LogP contribution in [0.1, 0.15) is 41.5 Å². The topological polar surface area (TPSA) is 72.3 Å². The normalized spacial score (nSPS) is 17.6. The summed E-state index contributed by atoms with van der Waals surface area (Å²) in [6, 6.07) is 9.76. The van der Waals surface area contributed by atoms with Crippen molar-refractivity contribution in [3.05, 3.63) is 76.5 Å². The smallest absolute Gasteiger partial charge is 0.254 e.